The van der Waals surface area contributed by atoms with Crippen molar-refractivity contribution in [3.63, 3.8) is 0 Å². The van der Waals surface area contributed by atoms with Crippen molar-refractivity contribution in [3.8, 4) is 0 Å². The molecule has 0 aliphatic heterocycles. The maximum absolute atomic E-state index is 13.5. The van der Waals surface area contributed by atoms with E-state index in [2.05, 4.69) is 50.4 Å². The molecular formula is C65H125N2O7P. The van der Waals surface area contributed by atoms with Gasteiger partial charge in [0.2, 0.25) is 5.91 Å². The summed E-state index contributed by atoms with van der Waals surface area (Å²) in [6, 6.07) is -0.890. The summed E-state index contributed by atoms with van der Waals surface area (Å²) in [5.74, 6) is -0.548. The average Bonchev–Trinajstić information content (AvgIpc) is 3.37. The minimum Gasteiger partial charge on any atom is -0.756 e. The number of allylic oxidation sites excluding steroid dienone is 5. The van der Waals surface area contributed by atoms with Gasteiger partial charge < -0.3 is 28.5 Å². The molecule has 0 fully saturated rings. The van der Waals surface area contributed by atoms with E-state index in [1.807, 2.05) is 33.3 Å². The largest absolute Gasteiger partial charge is 0.756 e. The second kappa shape index (κ2) is 55.5. The molecule has 75 heavy (non-hydrogen) atoms. The van der Waals surface area contributed by atoms with Crippen LogP contribution < -0.4 is 10.2 Å². The number of phosphoric acid groups is 1. The second-order valence-corrected chi connectivity index (χ2v) is 24.7. The lowest BCUT2D eigenvalue weighted by Crippen LogP contribution is -2.47. The van der Waals surface area contributed by atoms with Crippen LogP contribution in [0.1, 0.15) is 316 Å². The molecule has 3 atom stereocenters. The number of quaternary nitrogens is 1. The van der Waals surface area contributed by atoms with Gasteiger partial charge >= 0.3 is 5.97 Å². The van der Waals surface area contributed by atoms with Crippen molar-refractivity contribution in [2.75, 3.05) is 40.9 Å². The number of carbonyl (C=O) groups is 2. The first-order chi connectivity index (χ1) is 36.4. The standard InChI is InChI=1S/C65H125N2O7P/c1-7-10-13-16-19-22-25-27-28-29-30-31-32-33-34-35-36-37-38-40-42-45-48-51-54-57-64(68)66-62(61-73-75(70,71)72-60-59-67(4,5)6)63(56-53-50-47-44-41-24-21-18-15-12-9-3)74-65(69)58-55-52-49-46-43-39-26-23-20-17-14-11-8-2/h27-28,39,43,53,56,62-63H,7-26,29-38,40-42,44-52,54-55,57-61H2,1-6H3,(H-,66,68,70,71)/b28-27+,43-39-,56-53-. The molecule has 10 heteroatoms. The first kappa shape index (κ1) is 73.2. The zero-order valence-electron chi connectivity index (χ0n) is 50.5. The van der Waals surface area contributed by atoms with E-state index < -0.39 is 20.0 Å². The lowest BCUT2D eigenvalue weighted by Gasteiger charge is -2.30. The second-order valence-electron chi connectivity index (χ2n) is 23.3. The molecule has 1 amide bonds. The maximum atomic E-state index is 13.5. The van der Waals surface area contributed by atoms with Crippen LogP contribution in [0.2, 0.25) is 0 Å². The topological polar surface area (TPSA) is 114 Å². The van der Waals surface area contributed by atoms with Gasteiger partial charge in [-0.05, 0) is 83.1 Å². The third-order valence-corrected chi connectivity index (χ3v) is 15.5. The van der Waals surface area contributed by atoms with Gasteiger partial charge in [-0.2, -0.15) is 0 Å². The maximum Gasteiger partial charge on any atom is 0.306 e. The lowest BCUT2D eigenvalue weighted by molar-refractivity contribution is -0.870. The number of amides is 1. The number of likely N-dealkylation sites (N-methyl/N-ethyl adjacent to an activating group) is 1. The highest BCUT2D eigenvalue weighted by Gasteiger charge is 2.27. The molecule has 1 N–H and O–H groups in total. The quantitative estimate of drug-likeness (QED) is 0.0212. The van der Waals surface area contributed by atoms with Gasteiger partial charge in [-0.3, -0.25) is 14.2 Å². The number of phosphoric ester groups is 1. The molecule has 0 radical (unpaired) electrons. The Kier molecular flexibility index (Phi) is 54.2. The number of carbonyl (C=O) groups excluding carboxylic acids is 2. The molecular weight excluding hydrogens is 952 g/mol. The van der Waals surface area contributed by atoms with E-state index in [4.69, 9.17) is 13.8 Å². The number of hydrogen-bond donors (Lipinski definition) is 1. The van der Waals surface area contributed by atoms with Crippen LogP contribution in [0.3, 0.4) is 0 Å². The number of unbranched alkanes of at least 4 members (excludes halogenated alkanes) is 39. The van der Waals surface area contributed by atoms with Crippen LogP contribution in [0.25, 0.3) is 0 Å². The van der Waals surface area contributed by atoms with Crippen molar-refractivity contribution in [2.24, 2.45) is 0 Å². The molecule has 0 spiro atoms. The molecule has 0 bridgehead atoms. The van der Waals surface area contributed by atoms with E-state index in [1.54, 1.807) is 0 Å². The van der Waals surface area contributed by atoms with Crippen LogP contribution in [0.15, 0.2) is 36.5 Å². The highest BCUT2D eigenvalue weighted by Crippen LogP contribution is 2.38. The Labute approximate surface area is 466 Å². The Morgan fingerprint density at radius 3 is 1.15 bits per heavy atom. The van der Waals surface area contributed by atoms with Crippen LogP contribution in [0.5, 0.6) is 0 Å². The fourth-order valence-electron chi connectivity index (χ4n) is 9.51. The summed E-state index contributed by atoms with van der Waals surface area (Å²) in [5.41, 5.74) is 0. The summed E-state index contributed by atoms with van der Waals surface area (Å²) < 4.78 is 30.3. The predicted molar refractivity (Wildman–Crippen MR) is 321 cm³/mol. The van der Waals surface area contributed by atoms with Crippen molar-refractivity contribution >= 4 is 19.7 Å². The van der Waals surface area contributed by atoms with Crippen LogP contribution in [0.4, 0.5) is 0 Å². The van der Waals surface area contributed by atoms with E-state index in [0.717, 1.165) is 64.2 Å². The molecule has 0 aliphatic carbocycles. The highest BCUT2D eigenvalue weighted by atomic mass is 31.2. The molecule has 0 aromatic heterocycles. The monoisotopic (exact) mass is 1080 g/mol. The Hall–Kier alpha value is -1.77. The van der Waals surface area contributed by atoms with E-state index in [-0.39, 0.29) is 31.5 Å². The van der Waals surface area contributed by atoms with Gasteiger partial charge in [0.15, 0.2) is 0 Å². The van der Waals surface area contributed by atoms with Crippen LogP contribution >= 0.6 is 7.82 Å². The summed E-state index contributed by atoms with van der Waals surface area (Å²) in [6.07, 6.45) is 67.0. The Morgan fingerprint density at radius 2 is 0.773 bits per heavy atom. The normalized spacial score (nSPS) is 13.9. The number of ether oxygens (including phenoxy) is 1. The van der Waals surface area contributed by atoms with Crippen molar-refractivity contribution in [1.82, 2.24) is 5.32 Å². The third-order valence-electron chi connectivity index (χ3n) is 14.5. The summed E-state index contributed by atoms with van der Waals surface area (Å²) in [6.45, 7) is 6.85. The van der Waals surface area contributed by atoms with E-state index in [0.29, 0.717) is 23.9 Å². The molecule has 0 saturated heterocycles. The SMILES string of the molecule is CCCCCCCC/C=C\CCCCCC(=O)OC(/C=C\CCCCCCCCCCC)C(COP(=O)([O-])OCC[N+](C)(C)C)NC(=O)CCCCCCCCCCCCCCCCC/C=C/CCCCCCCC. The number of rotatable bonds is 59. The fourth-order valence-corrected chi connectivity index (χ4v) is 10.2. The predicted octanol–water partition coefficient (Wildman–Crippen LogP) is 19.3. The molecule has 3 unspecified atom stereocenters. The van der Waals surface area contributed by atoms with Gasteiger partial charge in [0, 0.05) is 12.8 Å². The lowest BCUT2D eigenvalue weighted by atomic mass is 10.0. The summed E-state index contributed by atoms with van der Waals surface area (Å²) in [7, 11) is 1.19. The van der Waals surface area contributed by atoms with Gasteiger partial charge in [-0.25, -0.2) is 0 Å². The molecule has 0 heterocycles. The van der Waals surface area contributed by atoms with Crippen molar-refractivity contribution < 1.29 is 37.3 Å². The van der Waals surface area contributed by atoms with Crippen molar-refractivity contribution in [1.29, 1.82) is 0 Å². The minimum absolute atomic E-state index is 0.0224. The highest BCUT2D eigenvalue weighted by molar-refractivity contribution is 7.45. The molecule has 0 aromatic carbocycles. The van der Waals surface area contributed by atoms with Gasteiger partial charge in [-0.1, -0.05) is 257 Å². The Balaban J connectivity index is 5.03. The molecule has 0 saturated carbocycles. The van der Waals surface area contributed by atoms with Crippen molar-refractivity contribution in [2.45, 2.75) is 328 Å². The molecule has 0 aliphatic rings. The Bertz CT molecular complexity index is 1380. The minimum atomic E-state index is -4.70. The zero-order valence-corrected chi connectivity index (χ0v) is 51.4. The zero-order chi connectivity index (χ0) is 55.0. The first-order valence-corrected chi connectivity index (χ1v) is 33.8. The van der Waals surface area contributed by atoms with Gasteiger partial charge in [-0.15, -0.1) is 0 Å². The van der Waals surface area contributed by atoms with Gasteiger partial charge in [0.25, 0.3) is 7.82 Å². The number of hydrogen-bond acceptors (Lipinski definition) is 7. The summed E-state index contributed by atoms with van der Waals surface area (Å²) in [4.78, 5) is 39.9. The van der Waals surface area contributed by atoms with Gasteiger partial charge in [0.1, 0.15) is 19.3 Å². The van der Waals surface area contributed by atoms with Crippen LogP contribution in [-0.2, 0) is 27.9 Å². The number of nitrogens with zero attached hydrogens (tertiary/aromatic N) is 1. The van der Waals surface area contributed by atoms with E-state index >= 15 is 0 Å². The summed E-state index contributed by atoms with van der Waals surface area (Å²) in [5, 5.41) is 3.03. The van der Waals surface area contributed by atoms with Crippen LogP contribution in [0, 0.1) is 0 Å². The molecule has 442 valence electrons. The number of nitrogens with one attached hydrogen (secondary N) is 1. The molecule has 0 rings (SSSR count). The fraction of sp³-hybridized carbons (Fsp3) is 0.877. The van der Waals surface area contributed by atoms with E-state index in [1.165, 1.54) is 212 Å². The third kappa shape index (κ3) is 56.8. The van der Waals surface area contributed by atoms with Crippen molar-refractivity contribution in [3.05, 3.63) is 36.5 Å². The molecule has 9 nitrogen and oxygen atoms in total. The van der Waals surface area contributed by atoms with Crippen LogP contribution in [-0.4, -0.2) is 69.4 Å². The summed E-state index contributed by atoms with van der Waals surface area (Å²) >= 11 is 0. The molecule has 0 aromatic rings. The number of esters is 1. The van der Waals surface area contributed by atoms with Gasteiger partial charge in [0.05, 0.1) is 33.8 Å². The smallest absolute Gasteiger partial charge is 0.306 e. The first-order valence-electron chi connectivity index (χ1n) is 32.3. The average molecular weight is 1080 g/mol. The Morgan fingerprint density at radius 1 is 0.453 bits per heavy atom. The van der Waals surface area contributed by atoms with E-state index in [9.17, 15) is 19.0 Å².